The Morgan fingerprint density at radius 1 is 1.44 bits per heavy atom. The number of thiophene rings is 1. The summed E-state index contributed by atoms with van der Waals surface area (Å²) in [4.78, 5) is 13.2. The average molecular weight is 239 g/mol. The first-order chi connectivity index (χ1) is 7.52. The van der Waals surface area contributed by atoms with Crippen molar-refractivity contribution < 1.29 is 4.79 Å². The van der Waals surface area contributed by atoms with Gasteiger partial charge in [-0.2, -0.15) is 0 Å². The molecule has 0 aliphatic heterocycles. The van der Waals surface area contributed by atoms with Crippen molar-refractivity contribution in [2.75, 3.05) is 0 Å². The SMILES string of the molecule is Cc1sccc1C(=O)C(C)CCCC(C)N. The summed E-state index contributed by atoms with van der Waals surface area (Å²) in [7, 11) is 0. The van der Waals surface area contributed by atoms with Crippen molar-refractivity contribution in [2.45, 2.75) is 46.1 Å². The summed E-state index contributed by atoms with van der Waals surface area (Å²) in [5.74, 6) is 0.399. The second-order valence-corrected chi connectivity index (χ2v) is 5.68. The van der Waals surface area contributed by atoms with Crippen LogP contribution >= 0.6 is 11.3 Å². The quantitative estimate of drug-likeness (QED) is 0.773. The Labute approximate surface area is 102 Å². The van der Waals surface area contributed by atoms with Gasteiger partial charge < -0.3 is 5.73 Å². The maximum atomic E-state index is 12.1. The van der Waals surface area contributed by atoms with Crippen molar-refractivity contribution in [3.63, 3.8) is 0 Å². The maximum absolute atomic E-state index is 12.1. The minimum absolute atomic E-state index is 0.118. The summed E-state index contributed by atoms with van der Waals surface area (Å²) in [6.07, 6.45) is 2.98. The number of hydrogen-bond acceptors (Lipinski definition) is 3. The van der Waals surface area contributed by atoms with Gasteiger partial charge in [0.1, 0.15) is 0 Å². The van der Waals surface area contributed by atoms with Gasteiger partial charge in [-0.05, 0) is 38.1 Å². The molecule has 0 amide bonds. The Morgan fingerprint density at radius 2 is 2.12 bits per heavy atom. The molecule has 0 fully saturated rings. The highest BCUT2D eigenvalue weighted by molar-refractivity contribution is 7.10. The molecule has 2 nitrogen and oxygen atoms in total. The van der Waals surface area contributed by atoms with Crippen LogP contribution in [-0.2, 0) is 0 Å². The predicted octanol–water partition coefficient (Wildman–Crippen LogP) is 3.39. The van der Waals surface area contributed by atoms with E-state index in [0.29, 0.717) is 0 Å². The van der Waals surface area contributed by atoms with Gasteiger partial charge in [-0.3, -0.25) is 4.79 Å². The van der Waals surface area contributed by atoms with Crippen molar-refractivity contribution in [3.05, 3.63) is 21.9 Å². The largest absolute Gasteiger partial charge is 0.328 e. The first-order valence-electron chi connectivity index (χ1n) is 5.86. The summed E-state index contributed by atoms with van der Waals surface area (Å²) in [5, 5.41) is 1.98. The fourth-order valence-electron chi connectivity index (χ4n) is 1.78. The lowest BCUT2D eigenvalue weighted by atomic mass is 9.94. The third-order valence-electron chi connectivity index (χ3n) is 2.87. The molecule has 1 heterocycles. The second kappa shape index (κ2) is 6.16. The average Bonchev–Trinajstić information content (AvgIpc) is 2.62. The van der Waals surface area contributed by atoms with Gasteiger partial charge in [-0.15, -0.1) is 11.3 Å². The number of rotatable bonds is 6. The fraction of sp³-hybridized carbons (Fsp3) is 0.615. The minimum Gasteiger partial charge on any atom is -0.328 e. The molecule has 0 saturated carbocycles. The molecule has 1 aromatic heterocycles. The third-order valence-corrected chi connectivity index (χ3v) is 3.71. The summed E-state index contributed by atoms with van der Waals surface area (Å²) in [6, 6.07) is 2.18. The lowest BCUT2D eigenvalue weighted by Crippen LogP contribution is -2.16. The number of hydrogen-bond donors (Lipinski definition) is 1. The predicted molar refractivity (Wildman–Crippen MR) is 70.1 cm³/mol. The highest BCUT2D eigenvalue weighted by atomic mass is 32.1. The molecule has 1 rings (SSSR count). The summed E-state index contributed by atoms with van der Waals surface area (Å²) >= 11 is 1.64. The van der Waals surface area contributed by atoms with Gasteiger partial charge in [0, 0.05) is 22.4 Å². The van der Waals surface area contributed by atoms with Crippen LogP contribution in [-0.4, -0.2) is 11.8 Å². The molecule has 0 radical (unpaired) electrons. The number of ketones is 1. The first-order valence-corrected chi connectivity index (χ1v) is 6.74. The topological polar surface area (TPSA) is 43.1 Å². The zero-order valence-corrected chi connectivity index (χ0v) is 11.1. The van der Waals surface area contributed by atoms with Crippen molar-refractivity contribution in [1.82, 2.24) is 0 Å². The van der Waals surface area contributed by atoms with E-state index in [1.807, 2.05) is 32.2 Å². The maximum Gasteiger partial charge on any atom is 0.166 e. The van der Waals surface area contributed by atoms with Crippen LogP contribution in [0.25, 0.3) is 0 Å². The van der Waals surface area contributed by atoms with Crippen LogP contribution in [0.1, 0.15) is 48.3 Å². The molecule has 0 saturated heterocycles. The lowest BCUT2D eigenvalue weighted by molar-refractivity contribution is 0.0922. The molecule has 2 unspecified atom stereocenters. The van der Waals surface area contributed by atoms with E-state index in [9.17, 15) is 4.79 Å². The molecule has 90 valence electrons. The Kier molecular flexibility index (Phi) is 5.16. The Balaban J connectivity index is 2.46. The van der Waals surface area contributed by atoms with Crippen LogP contribution in [0.5, 0.6) is 0 Å². The third kappa shape index (κ3) is 3.72. The summed E-state index contributed by atoms with van der Waals surface area (Å²) in [5.41, 5.74) is 6.59. The van der Waals surface area contributed by atoms with Crippen LogP contribution < -0.4 is 5.73 Å². The first kappa shape index (κ1) is 13.4. The molecule has 2 atom stereocenters. The molecule has 2 N–H and O–H groups in total. The highest BCUT2D eigenvalue weighted by Crippen LogP contribution is 2.21. The molecule has 0 aliphatic carbocycles. The molecule has 0 spiro atoms. The second-order valence-electron chi connectivity index (χ2n) is 4.56. The summed E-state index contributed by atoms with van der Waals surface area (Å²) < 4.78 is 0. The smallest absolute Gasteiger partial charge is 0.166 e. The molecule has 0 bridgehead atoms. The number of nitrogens with two attached hydrogens (primary N) is 1. The highest BCUT2D eigenvalue weighted by Gasteiger charge is 2.17. The van der Waals surface area contributed by atoms with Crippen LogP contribution in [0.2, 0.25) is 0 Å². The van der Waals surface area contributed by atoms with Crippen molar-refractivity contribution in [1.29, 1.82) is 0 Å². The van der Waals surface area contributed by atoms with E-state index in [1.165, 1.54) is 0 Å². The Morgan fingerprint density at radius 3 is 2.62 bits per heavy atom. The van der Waals surface area contributed by atoms with E-state index in [1.54, 1.807) is 11.3 Å². The number of carbonyl (C=O) groups is 1. The molecule has 0 aromatic carbocycles. The van der Waals surface area contributed by atoms with Crippen LogP contribution in [0.4, 0.5) is 0 Å². The van der Waals surface area contributed by atoms with Crippen LogP contribution in [0.15, 0.2) is 11.4 Å². The van der Waals surface area contributed by atoms with E-state index in [0.717, 1.165) is 29.7 Å². The number of Topliss-reactive ketones (excluding diaryl/α,β-unsaturated/α-hetero) is 1. The van der Waals surface area contributed by atoms with Gasteiger partial charge in [0.25, 0.3) is 0 Å². The standard InChI is InChI=1S/C13H21NOS/c1-9(5-4-6-10(2)14)13(15)12-7-8-16-11(12)3/h7-10H,4-6,14H2,1-3H3. The van der Waals surface area contributed by atoms with E-state index >= 15 is 0 Å². The Hall–Kier alpha value is -0.670. The molecule has 1 aromatic rings. The van der Waals surface area contributed by atoms with Gasteiger partial charge in [0.05, 0.1) is 0 Å². The minimum atomic E-state index is 0.118. The summed E-state index contributed by atoms with van der Waals surface area (Å²) in [6.45, 7) is 6.03. The van der Waals surface area contributed by atoms with Gasteiger partial charge in [0.15, 0.2) is 5.78 Å². The monoisotopic (exact) mass is 239 g/mol. The van der Waals surface area contributed by atoms with Gasteiger partial charge >= 0.3 is 0 Å². The van der Waals surface area contributed by atoms with Gasteiger partial charge in [-0.1, -0.05) is 13.3 Å². The lowest BCUT2D eigenvalue weighted by Gasteiger charge is -2.11. The molecule has 0 aliphatic rings. The van der Waals surface area contributed by atoms with E-state index in [2.05, 4.69) is 0 Å². The van der Waals surface area contributed by atoms with Crippen LogP contribution in [0.3, 0.4) is 0 Å². The van der Waals surface area contributed by atoms with E-state index in [4.69, 9.17) is 5.73 Å². The molecular formula is C13H21NOS. The van der Waals surface area contributed by atoms with Crippen molar-refractivity contribution in [3.8, 4) is 0 Å². The van der Waals surface area contributed by atoms with E-state index in [-0.39, 0.29) is 17.7 Å². The van der Waals surface area contributed by atoms with Crippen molar-refractivity contribution >= 4 is 17.1 Å². The number of aryl methyl sites for hydroxylation is 1. The normalized spacial score (nSPS) is 14.8. The molecular weight excluding hydrogens is 218 g/mol. The van der Waals surface area contributed by atoms with Gasteiger partial charge in [-0.25, -0.2) is 0 Å². The zero-order valence-electron chi connectivity index (χ0n) is 10.3. The zero-order chi connectivity index (χ0) is 12.1. The van der Waals surface area contributed by atoms with E-state index < -0.39 is 0 Å². The van der Waals surface area contributed by atoms with Crippen molar-refractivity contribution in [2.24, 2.45) is 11.7 Å². The van der Waals surface area contributed by atoms with Gasteiger partial charge in [0.2, 0.25) is 0 Å². The molecule has 3 heteroatoms. The molecule has 16 heavy (non-hydrogen) atoms. The number of carbonyl (C=O) groups excluding carboxylic acids is 1. The van der Waals surface area contributed by atoms with Crippen LogP contribution in [0, 0.1) is 12.8 Å². The fourth-order valence-corrected chi connectivity index (χ4v) is 2.49. The Bertz CT molecular complexity index is 343.